The van der Waals surface area contributed by atoms with Crippen molar-refractivity contribution < 1.29 is 28.2 Å². The number of aliphatic hydroxyl groups is 1. The fourth-order valence-corrected chi connectivity index (χ4v) is 7.53. The average molecular weight is 653 g/mol. The van der Waals surface area contributed by atoms with E-state index in [9.17, 15) is 18.4 Å². The molecular formula is C31H33Cl2F2N3O4S. The molecule has 3 aromatic rings. The summed E-state index contributed by atoms with van der Waals surface area (Å²) in [5.74, 6) is -2.79. The van der Waals surface area contributed by atoms with Gasteiger partial charge in [-0.1, -0.05) is 41.4 Å². The van der Waals surface area contributed by atoms with Crippen molar-refractivity contribution in [2.45, 2.75) is 43.6 Å². The minimum absolute atomic E-state index is 0.0483. The zero-order valence-corrected chi connectivity index (χ0v) is 25.8. The van der Waals surface area contributed by atoms with E-state index in [1.54, 1.807) is 21.9 Å². The number of primary amides is 1. The standard InChI is InChI=1S/C31H33Cl2F2N3O4S/c32-21-4-7-23(25(33)18-21)27-24(20-2-5-22(6-3-20)42-17-1-16-39)19-26(43-27)28(40)37-12-8-30(9-13-37,29(36)41)38-14-10-31(34,35)11-15-38/h2-7,18-19,39H,1,8-17H2,(H2,36,41). The van der Waals surface area contributed by atoms with Crippen molar-refractivity contribution in [2.75, 3.05) is 39.4 Å². The number of alkyl halides is 2. The minimum atomic E-state index is -2.74. The number of ether oxygens (including phenoxy) is 1. The number of rotatable bonds is 9. The third kappa shape index (κ3) is 6.83. The molecule has 0 radical (unpaired) electrons. The van der Waals surface area contributed by atoms with Crippen molar-refractivity contribution in [1.29, 1.82) is 0 Å². The first-order valence-corrected chi connectivity index (χ1v) is 15.8. The smallest absolute Gasteiger partial charge is 0.263 e. The summed E-state index contributed by atoms with van der Waals surface area (Å²) in [7, 11) is 0. The molecule has 0 aliphatic carbocycles. The Bertz CT molecular complexity index is 1470. The average Bonchev–Trinajstić information content (AvgIpc) is 3.42. The monoisotopic (exact) mass is 651 g/mol. The number of nitrogens with zero attached hydrogens (tertiary/aromatic N) is 2. The second-order valence-electron chi connectivity index (χ2n) is 11.0. The maximum Gasteiger partial charge on any atom is 0.263 e. The van der Waals surface area contributed by atoms with Crippen molar-refractivity contribution in [3.63, 3.8) is 0 Å². The highest BCUT2D eigenvalue weighted by Crippen LogP contribution is 2.44. The van der Waals surface area contributed by atoms with Crippen LogP contribution in [0.15, 0.2) is 48.5 Å². The van der Waals surface area contributed by atoms with E-state index < -0.39 is 17.4 Å². The number of hydrogen-bond donors (Lipinski definition) is 2. The number of thiophene rings is 1. The highest BCUT2D eigenvalue weighted by molar-refractivity contribution is 7.18. The molecule has 2 aromatic carbocycles. The number of carbonyl (C=O) groups is 2. The molecule has 2 fully saturated rings. The molecule has 3 N–H and O–H groups in total. The molecule has 5 rings (SSSR count). The van der Waals surface area contributed by atoms with Crippen LogP contribution in [0.4, 0.5) is 8.78 Å². The molecule has 12 heteroatoms. The Morgan fingerprint density at radius 3 is 2.23 bits per heavy atom. The molecule has 0 saturated carbocycles. The lowest BCUT2D eigenvalue weighted by molar-refractivity contribution is -0.140. The predicted octanol–water partition coefficient (Wildman–Crippen LogP) is 6.34. The van der Waals surface area contributed by atoms with E-state index in [-0.39, 0.29) is 64.4 Å². The summed E-state index contributed by atoms with van der Waals surface area (Å²) in [4.78, 5) is 31.3. The molecule has 1 aromatic heterocycles. The van der Waals surface area contributed by atoms with Gasteiger partial charge in [0.1, 0.15) is 11.3 Å². The second kappa shape index (κ2) is 13.1. The minimum Gasteiger partial charge on any atom is -0.494 e. The van der Waals surface area contributed by atoms with Crippen LogP contribution in [0.3, 0.4) is 0 Å². The molecule has 230 valence electrons. The molecule has 2 aliphatic heterocycles. The van der Waals surface area contributed by atoms with Gasteiger partial charge in [0.05, 0.1) is 16.5 Å². The van der Waals surface area contributed by atoms with Gasteiger partial charge >= 0.3 is 0 Å². The summed E-state index contributed by atoms with van der Waals surface area (Å²) >= 11 is 14.1. The van der Waals surface area contributed by atoms with Crippen molar-refractivity contribution in [2.24, 2.45) is 5.73 Å². The Kier molecular flexibility index (Phi) is 9.63. The molecule has 2 amide bonds. The summed E-state index contributed by atoms with van der Waals surface area (Å²) in [6, 6.07) is 14.6. The molecule has 3 heterocycles. The number of halogens is 4. The lowest BCUT2D eigenvalue weighted by atomic mass is 9.83. The largest absolute Gasteiger partial charge is 0.494 e. The van der Waals surface area contributed by atoms with Crippen LogP contribution in [0, 0.1) is 0 Å². The van der Waals surface area contributed by atoms with Gasteiger partial charge in [0.2, 0.25) is 5.91 Å². The first kappa shape index (κ1) is 31.7. The van der Waals surface area contributed by atoms with E-state index in [0.717, 1.165) is 21.6 Å². The Hall–Kier alpha value is -2.76. The topological polar surface area (TPSA) is 96.1 Å². The van der Waals surface area contributed by atoms with Crippen LogP contribution in [-0.4, -0.2) is 77.6 Å². The molecule has 0 unspecified atom stereocenters. The Balaban J connectivity index is 1.40. The van der Waals surface area contributed by atoms with Crippen molar-refractivity contribution in [3.05, 3.63) is 63.5 Å². The van der Waals surface area contributed by atoms with Crippen LogP contribution in [0.2, 0.25) is 10.0 Å². The normalized spacial score (nSPS) is 18.4. The number of likely N-dealkylation sites (tertiary alicyclic amines) is 2. The van der Waals surface area contributed by atoms with Gasteiger partial charge in [-0.25, -0.2) is 8.78 Å². The highest BCUT2D eigenvalue weighted by Gasteiger charge is 2.49. The van der Waals surface area contributed by atoms with Gasteiger partial charge < -0.3 is 20.5 Å². The second-order valence-corrected chi connectivity index (χ2v) is 12.9. The summed E-state index contributed by atoms with van der Waals surface area (Å²) < 4.78 is 33.3. The number of nitrogens with two attached hydrogens (primary N) is 1. The Morgan fingerprint density at radius 1 is 0.953 bits per heavy atom. The molecule has 43 heavy (non-hydrogen) atoms. The van der Waals surface area contributed by atoms with Crippen LogP contribution >= 0.6 is 34.5 Å². The van der Waals surface area contributed by atoms with E-state index in [2.05, 4.69) is 0 Å². The third-order valence-corrected chi connectivity index (χ3v) is 10.00. The Morgan fingerprint density at radius 2 is 1.63 bits per heavy atom. The Labute approximate surface area is 263 Å². The van der Waals surface area contributed by atoms with E-state index in [4.69, 9.17) is 38.8 Å². The van der Waals surface area contributed by atoms with E-state index in [1.807, 2.05) is 36.4 Å². The first-order valence-electron chi connectivity index (χ1n) is 14.2. The van der Waals surface area contributed by atoms with Gasteiger partial charge in [0, 0.05) is 73.1 Å². The number of benzene rings is 2. The maximum absolute atomic E-state index is 13.8. The van der Waals surface area contributed by atoms with E-state index in [1.165, 1.54) is 11.3 Å². The third-order valence-electron chi connectivity index (χ3n) is 8.29. The van der Waals surface area contributed by atoms with Gasteiger partial charge in [-0.2, -0.15) is 0 Å². The molecule has 2 saturated heterocycles. The quantitative estimate of drug-likeness (QED) is 0.263. The number of carbonyl (C=O) groups excluding carboxylic acids is 2. The van der Waals surface area contributed by atoms with Crippen molar-refractivity contribution in [3.8, 4) is 27.3 Å². The number of piperidine rings is 2. The van der Waals surface area contributed by atoms with E-state index >= 15 is 0 Å². The summed E-state index contributed by atoms with van der Waals surface area (Å²) in [6.07, 6.45) is 0.474. The number of hydrogen-bond acceptors (Lipinski definition) is 6. The SMILES string of the molecule is NC(=O)C1(N2CCC(F)(F)CC2)CCN(C(=O)c2cc(-c3ccc(OCCCO)cc3)c(-c3ccc(Cl)cc3Cl)s2)CC1. The molecule has 7 nitrogen and oxygen atoms in total. The fourth-order valence-electron chi connectivity index (χ4n) is 5.79. The first-order chi connectivity index (χ1) is 20.5. The van der Waals surface area contributed by atoms with Gasteiger partial charge in [-0.15, -0.1) is 11.3 Å². The van der Waals surface area contributed by atoms with Crippen molar-refractivity contribution in [1.82, 2.24) is 9.80 Å². The van der Waals surface area contributed by atoms with Crippen LogP contribution in [-0.2, 0) is 4.79 Å². The molecule has 0 bridgehead atoms. The number of amides is 2. The molecule has 0 atom stereocenters. The van der Waals surface area contributed by atoms with Crippen LogP contribution in [0.25, 0.3) is 21.6 Å². The molecular weight excluding hydrogens is 619 g/mol. The fraction of sp³-hybridized carbons (Fsp3) is 0.419. The molecule has 2 aliphatic rings. The predicted molar refractivity (Wildman–Crippen MR) is 165 cm³/mol. The number of aliphatic hydroxyl groups excluding tert-OH is 1. The van der Waals surface area contributed by atoms with Gasteiger partial charge in [0.15, 0.2) is 0 Å². The van der Waals surface area contributed by atoms with Gasteiger partial charge in [-0.3, -0.25) is 14.5 Å². The van der Waals surface area contributed by atoms with Crippen LogP contribution in [0.5, 0.6) is 5.75 Å². The van der Waals surface area contributed by atoms with Crippen LogP contribution in [0.1, 0.15) is 41.8 Å². The van der Waals surface area contributed by atoms with Crippen LogP contribution < -0.4 is 10.5 Å². The highest BCUT2D eigenvalue weighted by atomic mass is 35.5. The zero-order valence-electron chi connectivity index (χ0n) is 23.5. The lowest BCUT2D eigenvalue weighted by Gasteiger charge is -2.48. The lowest BCUT2D eigenvalue weighted by Crippen LogP contribution is -2.64. The maximum atomic E-state index is 13.8. The zero-order chi connectivity index (χ0) is 30.8. The summed E-state index contributed by atoms with van der Waals surface area (Å²) in [6.45, 7) is 1.18. The molecule has 0 spiro atoms. The van der Waals surface area contributed by atoms with E-state index in [0.29, 0.717) is 33.7 Å². The van der Waals surface area contributed by atoms with Crippen molar-refractivity contribution >= 4 is 46.4 Å². The summed E-state index contributed by atoms with van der Waals surface area (Å²) in [5, 5.41) is 9.96. The summed E-state index contributed by atoms with van der Waals surface area (Å²) in [5.41, 5.74) is 7.21. The van der Waals surface area contributed by atoms with Gasteiger partial charge in [-0.05, 0) is 48.7 Å². The van der Waals surface area contributed by atoms with Gasteiger partial charge in [0.25, 0.3) is 11.8 Å².